The van der Waals surface area contributed by atoms with E-state index in [1.165, 1.54) is 11.6 Å². The fourth-order valence-electron chi connectivity index (χ4n) is 4.41. The molecule has 2 aromatic heterocycles. The zero-order valence-electron chi connectivity index (χ0n) is 18.1. The highest BCUT2D eigenvalue weighted by Gasteiger charge is 2.27. The number of aromatic amines is 1. The zero-order chi connectivity index (χ0) is 21.9. The first kappa shape index (κ1) is 20.7. The van der Waals surface area contributed by atoms with Crippen LogP contribution in [0.25, 0.3) is 22.4 Å². The second-order valence-electron chi connectivity index (χ2n) is 8.17. The summed E-state index contributed by atoms with van der Waals surface area (Å²) in [6, 6.07) is 12.2. The highest BCUT2D eigenvalue weighted by Crippen LogP contribution is 2.35. The van der Waals surface area contributed by atoms with Crippen LogP contribution in [0.1, 0.15) is 30.1 Å². The van der Waals surface area contributed by atoms with Gasteiger partial charge in [0.05, 0.1) is 24.6 Å². The van der Waals surface area contributed by atoms with Gasteiger partial charge < -0.3 is 19.5 Å². The fraction of sp³-hybridized carbons (Fsp3) is 0.375. The van der Waals surface area contributed by atoms with Crippen molar-refractivity contribution < 1.29 is 9.15 Å². The Morgan fingerprint density at radius 2 is 2.12 bits per heavy atom. The molecule has 1 aliphatic carbocycles. The average Bonchev–Trinajstić information content (AvgIpc) is 3.23. The third-order valence-corrected chi connectivity index (χ3v) is 6.05. The first-order valence-corrected chi connectivity index (χ1v) is 11.1. The van der Waals surface area contributed by atoms with Gasteiger partial charge in [0.1, 0.15) is 11.4 Å². The highest BCUT2D eigenvalue weighted by molar-refractivity contribution is 5.76. The third kappa shape index (κ3) is 4.24. The first-order chi connectivity index (χ1) is 15.7. The molecule has 0 aromatic carbocycles. The van der Waals surface area contributed by atoms with E-state index in [1.807, 2.05) is 13.0 Å². The van der Waals surface area contributed by atoms with Crippen LogP contribution in [0, 0.1) is 6.92 Å². The summed E-state index contributed by atoms with van der Waals surface area (Å²) in [5, 5.41) is 4.34. The third-order valence-electron chi connectivity index (χ3n) is 6.05. The highest BCUT2D eigenvalue weighted by atomic mass is 16.5. The molecule has 2 N–H and O–H groups in total. The molecule has 1 unspecified atom stereocenters. The molecular formula is C24H27N5O3. The van der Waals surface area contributed by atoms with Crippen molar-refractivity contribution in [1.82, 2.24) is 25.2 Å². The molecule has 0 spiro atoms. The largest absolute Gasteiger partial charge is 0.464 e. The van der Waals surface area contributed by atoms with Gasteiger partial charge in [-0.2, -0.15) is 9.97 Å². The van der Waals surface area contributed by atoms with Gasteiger partial charge in [0, 0.05) is 42.2 Å². The van der Waals surface area contributed by atoms with Gasteiger partial charge in [0.2, 0.25) is 5.56 Å². The molecule has 166 valence electrons. The topological polar surface area (TPSA) is 96.3 Å². The molecular weight excluding hydrogens is 406 g/mol. The van der Waals surface area contributed by atoms with E-state index < -0.39 is 0 Å². The first-order valence-electron chi connectivity index (χ1n) is 11.1. The van der Waals surface area contributed by atoms with Crippen molar-refractivity contribution in [3.8, 4) is 17.3 Å². The lowest BCUT2D eigenvalue weighted by atomic mass is 10.0. The maximum atomic E-state index is 11.6. The van der Waals surface area contributed by atoms with Gasteiger partial charge in [0.25, 0.3) is 0 Å². The minimum Gasteiger partial charge on any atom is -0.464 e. The van der Waals surface area contributed by atoms with Gasteiger partial charge in [0.15, 0.2) is 0 Å². The lowest BCUT2D eigenvalue weighted by Crippen LogP contribution is -2.46. The molecule has 1 fully saturated rings. The van der Waals surface area contributed by atoms with Gasteiger partial charge in [-0.1, -0.05) is 12.1 Å². The summed E-state index contributed by atoms with van der Waals surface area (Å²) < 4.78 is 11.6. The van der Waals surface area contributed by atoms with E-state index in [-0.39, 0.29) is 5.56 Å². The van der Waals surface area contributed by atoms with Crippen molar-refractivity contribution in [1.29, 1.82) is 0 Å². The van der Waals surface area contributed by atoms with E-state index in [0.717, 1.165) is 61.4 Å². The number of pyridine rings is 1. The van der Waals surface area contributed by atoms with Crippen LogP contribution >= 0.6 is 0 Å². The van der Waals surface area contributed by atoms with Gasteiger partial charge in [-0.05, 0) is 44.5 Å². The summed E-state index contributed by atoms with van der Waals surface area (Å²) >= 11 is 0. The average molecular weight is 434 g/mol. The molecule has 1 atom stereocenters. The summed E-state index contributed by atoms with van der Waals surface area (Å²) in [6.45, 7) is 6.33. The number of H-pyrrole nitrogens is 1. The number of hydrogen-bond donors (Lipinski definition) is 2. The minimum atomic E-state index is -0.183. The Hall–Kier alpha value is -3.23. The molecule has 5 rings (SSSR count). The Labute approximate surface area is 186 Å². The molecule has 2 aliphatic heterocycles. The van der Waals surface area contributed by atoms with E-state index in [2.05, 4.69) is 43.4 Å². The van der Waals surface area contributed by atoms with Gasteiger partial charge >= 0.3 is 6.01 Å². The van der Waals surface area contributed by atoms with Gasteiger partial charge in [-0.3, -0.25) is 9.69 Å². The van der Waals surface area contributed by atoms with Gasteiger partial charge in [-0.15, -0.1) is 0 Å². The molecule has 1 saturated heterocycles. The number of aryl methyl sites for hydroxylation is 1. The molecule has 8 heteroatoms. The van der Waals surface area contributed by atoms with Crippen LogP contribution in [0.4, 0.5) is 0 Å². The van der Waals surface area contributed by atoms with Crippen LogP contribution in [-0.2, 0) is 0 Å². The summed E-state index contributed by atoms with van der Waals surface area (Å²) in [5.41, 5.74) is 3.51. The van der Waals surface area contributed by atoms with Crippen LogP contribution in [0.3, 0.4) is 0 Å². The Morgan fingerprint density at radius 3 is 3.06 bits per heavy atom. The second kappa shape index (κ2) is 9.10. The number of hydrogen-bond acceptors (Lipinski definition) is 7. The van der Waals surface area contributed by atoms with E-state index >= 15 is 0 Å². The van der Waals surface area contributed by atoms with Gasteiger partial charge in [-0.25, -0.2) is 0 Å². The molecule has 8 nitrogen and oxygen atoms in total. The smallest absolute Gasteiger partial charge is 0.318 e. The number of aromatic nitrogens is 3. The number of nitrogens with zero attached hydrogens (tertiary/aromatic N) is 3. The summed E-state index contributed by atoms with van der Waals surface area (Å²) in [4.78, 5) is 25.6. The SMILES string of the molecule is Cc1nc(OCCCCN2CCNCC2c2ccc3cccoc2-3)nc2[nH]c(=O)ccc12. The van der Waals surface area contributed by atoms with E-state index in [1.54, 1.807) is 12.3 Å². The molecule has 0 bridgehead atoms. The van der Waals surface area contributed by atoms with Crippen molar-refractivity contribution in [3.05, 3.63) is 64.3 Å². The zero-order valence-corrected chi connectivity index (χ0v) is 18.1. The van der Waals surface area contributed by atoms with Crippen LogP contribution in [0.2, 0.25) is 0 Å². The van der Waals surface area contributed by atoms with Crippen molar-refractivity contribution in [2.24, 2.45) is 0 Å². The van der Waals surface area contributed by atoms with Crippen molar-refractivity contribution in [3.63, 3.8) is 0 Å². The van der Waals surface area contributed by atoms with E-state index in [4.69, 9.17) is 9.15 Å². The fourth-order valence-corrected chi connectivity index (χ4v) is 4.41. The van der Waals surface area contributed by atoms with Crippen molar-refractivity contribution >= 4 is 11.0 Å². The van der Waals surface area contributed by atoms with E-state index in [9.17, 15) is 4.79 Å². The standard InChI is InChI=1S/C24H27N5O3/c1-16-18-8-9-21(30)27-23(18)28-24(26-16)32-13-3-2-11-29-12-10-25-15-20(29)19-7-6-17-5-4-14-31-22(17)19/h4-9,14,20,25H,2-3,10-13,15H2,1H3,(H,26,27,28,30). The number of ether oxygens (including phenoxy) is 1. The molecule has 3 aliphatic rings. The maximum Gasteiger partial charge on any atom is 0.318 e. The Morgan fingerprint density at radius 1 is 1.19 bits per heavy atom. The number of fused-ring (bicyclic) bond motifs is 2. The van der Waals surface area contributed by atoms with Crippen LogP contribution in [0.5, 0.6) is 6.01 Å². The number of unbranched alkanes of at least 4 members (excludes halogenated alkanes) is 1. The summed E-state index contributed by atoms with van der Waals surface area (Å²) in [7, 11) is 0. The molecule has 0 radical (unpaired) electrons. The molecule has 0 amide bonds. The van der Waals surface area contributed by atoms with Crippen LogP contribution in [-0.4, -0.2) is 52.6 Å². The maximum absolute atomic E-state index is 11.6. The predicted molar refractivity (Wildman–Crippen MR) is 122 cm³/mol. The lowest BCUT2D eigenvalue weighted by molar-refractivity contribution is 0.154. The normalized spacial score (nSPS) is 17.2. The number of nitrogens with one attached hydrogen (secondary N) is 2. The Balaban J connectivity index is 1.17. The summed E-state index contributed by atoms with van der Waals surface area (Å²) in [6.07, 6.45) is 3.65. The Bertz CT molecular complexity index is 1230. The lowest BCUT2D eigenvalue weighted by Gasteiger charge is -2.36. The van der Waals surface area contributed by atoms with Crippen LogP contribution < -0.4 is 15.6 Å². The van der Waals surface area contributed by atoms with Crippen molar-refractivity contribution in [2.75, 3.05) is 32.8 Å². The van der Waals surface area contributed by atoms with Crippen LogP contribution in [0.15, 0.2) is 51.9 Å². The second-order valence-corrected chi connectivity index (χ2v) is 8.17. The minimum absolute atomic E-state index is 0.183. The summed E-state index contributed by atoms with van der Waals surface area (Å²) in [5.74, 6) is 0.983. The molecule has 0 saturated carbocycles. The quantitative estimate of drug-likeness (QED) is 0.432. The molecule has 4 heterocycles. The number of rotatable bonds is 7. The van der Waals surface area contributed by atoms with Crippen molar-refractivity contribution in [2.45, 2.75) is 25.8 Å². The number of piperazine rings is 1. The molecule has 2 aromatic rings. The monoisotopic (exact) mass is 433 g/mol. The van der Waals surface area contributed by atoms with E-state index in [0.29, 0.717) is 24.3 Å². The predicted octanol–water partition coefficient (Wildman–Crippen LogP) is 3.13. The Kier molecular flexibility index (Phi) is 5.87. The molecule has 32 heavy (non-hydrogen) atoms.